The topological polar surface area (TPSA) is 60.2 Å². The van der Waals surface area contributed by atoms with Crippen LogP contribution in [0.1, 0.15) is 19.4 Å². The Labute approximate surface area is 108 Å². The van der Waals surface area contributed by atoms with Crippen molar-refractivity contribution in [2.24, 2.45) is 0 Å². The molecule has 17 heavy (non-hydrogen) atoms. The Hall–Kier alpha value is -0.680. The molecule has 3 nitrogen and oxygen atoms in total. The van der Waals surface area contributed by atoms with Crippen LogP contribution in [-0.4, -0.2) is 25.2 Å². The monoisotopic (exact) mass is 273 g/mol. The van der Waals surface area contributed by atoms with Gasteiger partial charge in [0, 0.05) is 16.3 Å². The van der Waals surface area contributed by atoms with Gasteiger partial charge in [0.15, 0.2) is 9.84 Å². The van der Waals surface area contributed by atoms with Gasteiger partial charge >= 0.3 is 0 Å². The van der Waals surface area contributed by atoms with Crippen LogP contribution >= 0.6 is 11.8 Å². The number of hydrogen-bond acceptors (Lipinski definition) is 4. The van der Waals surface area contributed by atoms with Gasteiger partial charge in [0.05, 0.1) is 11.0 Å². The number of rotatable bonds is 5. The van der Waals surface area contributed by atoms with Crippen molar-refractivity contribution < 1.29 is 8.42 Å². The highest BCUT2D eigenvalue weighted by Gasteiger charge is 2.15. The summed E-state index contributed by atoms with van der Waals surface area (Å²) in [5.74, 6) is 0.786. The Kier molecular flexibility index (Phi) is 4.89. The zero-order chi connectivity index (χ0) is 13.1. The predicted octanol–water partition coefficient (Wildman–Crippen LogP) is 2.49. The molecule has 0 spiro atoms. The Balaban J connectivity index is 2.61. The summed E-state index contributed by atoms with van der Waals surface area (Å²) in [4.78, 5) is 1.06. The smallest absolute Gasteiger partial charge is 0.153 e. The molecule has 0 aromatic heterocycles. The lowest BCUT2D eigenvalue weighted by atomic mass is 10.2. The maximum Gasteiger partial charge on any atom is 0.153 e. The molecular weight excluding hydrogens is 254 g/mol. The third-order valence-corrected chi connectivity index (χ3v) is 6.30. The third-order valence-electron chi connectivity index (χ3n) is 2.67. The number of anilines is 1. The molecule has 2 N–H and O–H groups in total. The molecule has 0 radical (unpaired) electrons. The van der Waals surface area contributed by atoms with Gasteiger partial charge in [-0.15, -0.1) is 11.8 Å². The molecule has 0 aliphatic carbocycles. The molecule has 1 rings (SSSR count). The standard InChI is InChI=1S/C12H19NO2S2/c1-9(2)17(14,15)8-7-16-12-6-4-5-11(13)10(12)3/h4-6,9H,7-8,13H2,1-3H3. The third kappa shape index (κ3) is 3.92. The number of thioether (sulfide) groups is 1. The van der Waals surface area contributed by atoms with Crippen LogP contribution in [0.25, 0.3) is 0 Å². The average molecular weight is 273 g/mol. The van der Waals surface area contributed by atoms with Gasteiger partial charge in [0.1, 0.15) is 0 Å². The van der Waals surface area contributed by atoms with Crippen molar-refractivity contribution in [3.63, 3.8) is 0 Å². The summed E-state index contributed by atoms with van der Waals surface area (Å²) in [7, 11) is -2.94. The van der Waals surface area contributed by atoms with Gasteiger partial charge in [-0.25, -0.2) is 8.42 Å². The lowest BCUT2D eigenvalue weighted by molar-refractivity contribution is 0.589. The number of benzene rings is 1. The summed E-state index contributed by atoms with van der Waals surface area (Å²) in [5, 5.41) is -0.301. The number of sulfone groups is 1. The van der Waals surface area contributed by atoms with Crippen LogP contribution in [0, 0.1) is 6.92 Å². The van der Waals surface area contributed by atoms with E-state index in [1.54, 1.807) is 25.6 Å². The van der Waals surface area contributed by atoms with Crippen LogP contribution in [0.15, 0.2) is 23.1 Å². The average Bonchev–Trinajstić information content (AvgIpc) is 2.24. The summed E-state index contributed by atoms with van der Waals surface area (Å²) in [6.07, 6.45) is 0. The van der Waals surface area contributed by atoms with Crippen LogP contribution in [-0.2, 0) is 9.84 Å². The van der Waals surface area contributed by atoms with E-state index in [4.69, 9.17) is 5.73 Å². The molecule has 1 aromatic rings. The van der Waals surface area contributed by atoms with Gasteiger partial charge in [-0.05, 0) is 38.5 Å². The van der Waals surface area contributed by atoms with Gasteiger partial charge in [-0.1, -0.05) is 6.07 Å². The first-order valence-corrected chi connectivity index (χ1v) is 8.24. The summed E-state index contributed by atoms with van der Waals surface area (Å²) in [5.41, 5.74) is 7.57. The van der Waals surface area contributed by atoms with Crippen LogP contribution in [0.5, 0.6) is 0 Å². The highest BCUT2D eigenvalue weighted by atomic mass is 32.2. The van der Waals surface area contributed by atoms with E-state index >= 15 is 0 Å². The molecule has 5 heteroatoms. The normalized spacial score (nSPS) is 12.0. The second-order valence-electron chi connectivity index (χ2n) is 4.23. The van der Waals surface area contributed by atoms with Crippen molar-refractivity contribution in [3.05, 3.63) is 23.8 Å². The van der Waals surface area contributed by atoms with E-state index < -0.39 is 9.84 Å². The molecule has 0 heterocycles. The highest BCUT2D eigenvalue weighted by molar-refractivity contribution is 8.00. The first-order chi connectivity index (χ1) is 7.84. The molecule has 0 amide bonds. The van der Waals surface area contributed by atoms with Gasteiger partial charge in [-0.2, -0.15) is 0 Å². The van der Waals surface area contributed by atoms with Crippen LogP contribution in [0.4, 0.5) is 5.69 Å². The summed E-state index contributed by atoms with van der Waals surface area (Å²) >= 11 is 1.55. The van der Waals surface area contributed by atoms with E-state index in [1.165, 1.54) is 0 Å². The van der Waals surface area contributed by atoms with Crippen molar-refractivity contribution in [1.82, 2.24) is 0 Å². The number of nitrogen functional groups attached to an aromatic ring is 1. The van der Waals surface area contributed by atoms with E-state index in [2.05, 4.69) is 0 Å². The fraction of sp³-hybridized carbons (Fsp3) is 0.500. The van der Waals surface area contributed by atoms with Gasteiger partial charge in [-0.3, -0.25) is 0 Å². The second-order valence-corrected chi connectivity index (χ2v) is 8.05. The molecule has 0 aliphatic heterocycles. The molecule has 0 saturated heterocycles. The minimum atomic E-state index is -2.94. The molecule has 0 aliphatic rings. The molecule has 0 bridgehead atoms. The van der Waals surface area contributed by atoms with E-state index in [9.17, 15) is 8.42 Å². The Bertz CT molecular complexity index is 481. The highest BCUT2D eigenvalue weighted by Crippen LogP contribution is 2.26. The Morgan fingerprint density at radius 1 is 1.35 bits per heavy atom. The molecule has 0 unspecified atom stereocenters. The van der Waals surface area contributed by atoms with Crippen molar-refractivity contribution in [3.8, 4) is 0 Å². The SMILES string of the molecule is Cc1c(N)cccc1SCCS(=O)(=O)C(C)C. The minimum Gasteiger partial charge on any atom is -0.398 e. The number of hydrogen-bond donors (Lipinski definition) is 1. The number of nitrogens with two attached hydrogens (primary N) is 1. The Morgan fingerprint density at radius 2 is 2.00 bits per heavy atom. The van der Waals surface area contributed by atoms with Crippen LogP contribution in [0.3, 0.4) is 0 Å². The van der Waals surface area contributed by atoms with Crippen molar-refractivity contribution in [2.75, 3.05) is 17.2 Å². The van der Waals surface area contributed by atoms with Gasteiger partial charge in [0.2, 0.25) is 0 Å². The first-order valence-electron chi connectivity index (χ1n) is 5.54. The fourth-order valence-electron chi connectivity index (χ4n) is 1.29. The van der Waals surface area contributed by atoms with Crippen LogP contribution < -0.4 is 5.73 Å². The van der Waals surface area contributed by atoms with Gasteiger partial charge < -0.3 is 5.73 Å². The quantitative estimate of drug-likeness (QED) is 0.661. The molecule has 1 aromatic carbocycles. The predicted molar refractivity (Wildman–Crippen MR) is 75.2 cm³/mol. The van der Waals surface area contributed by atoms with E-state index in [1.807, 2.05) is 25.1 Å². The zero-order valence-corrected chi connectivity index (χ0v) is 12.1. The summed E-state index contributed by atoms with van der Waals surface area (Å²) in [6, 6.07) is 5.71. The lowest BCUT2D eigenvalue weighted by Gasteiger charge is -2.09. The molecule has 0 fully saturated rings. The largest absolute Gasteiger partial charge is 0.398 e. The van der Waals surface area contributed by atoms with E-state index in [0.717, 1.165) is 16.1 Å². The lowest BCUT2D eigenvalue weighted by Crippen LogP contribution is -2.18. The molecular formula is C12H19NO2S2. The van der Waals surface area contributed by atoms with Crippen molar-refractivity contribution in [2.45, 2.75) is 30.9 Å². The summed E-state index contributed by atoms with van der Waals surface area (Å²) < 4.78 is 23.3. The first kappa shape index (κ1) is 14.4. The maximum absolute atomic E-state index is 11.6. The van der Waals surface area contributed by atoms with E-state index in [-0.39, 0.29) is 11.0 Å². The summed E-state index contributed by atoms with van der Waals surface area (Å²) in [6.45, 7) is 5.38. The maximum atomic E-state index is 11.6. The second kappa shape index (κ2) is 5.78. The zero-order valence-electron chi connectivity index (χ0n) is 10.4. The van der Waals surface area contributed by atoms with Gasteiger partial charge in [0.25, 0.3) is 0 Å². The van der Waals surface area contributed by atoms with Crippen molar-refractivity contribution in [1.29, 1.82) is 0 Å². The van der Waals surface area contributed by atoms with Crippen LogP contribution in [0.2, 0.25) is 0 Å². The molecule has 0 atom stereocenters. The minimum absolute atomic E-state index is 0.212. The van der Waals surface area contributed by atoms with E-state index in [0.29, 0.717) is 5.75 Å². The molecule has 0 saturated carbocycles. The molecule has 96 valence electrons. The Morgan fingerprint density at radius 3 is 2.59 bits per heavy atom. The van der Waals surface area contributed by atoms with Crippen molar-refractivity contribution >= 4 is 27.3 Å². The fourth-order valence-corrected chi connectivity index (χ4v) is 3.75.